The van der Waals surface area contributed by atoms with Gasteiger partial charge >= 0.3 is 5.97 Å². The number of hydrogen-bond acceptors (Lipinski definition) is 9. The molecule has 2 aromatic heterocycles. The largest absolute Gasteiger partial charge is 0.456 e. The number of aliphatic hydroxyl groups excluding tert-OH is 1. The molecular weight excluding hydrogens is 392 g/mol. The van der Waals surface area contributed by atoms with E-state index in [2.05, 4.69) is 15.0 Å². The molecule has 0 bridgehead atoms. The summed E-state index contributed by atoms with van der Waals surface area (Å²) in [7, 11) is 0. The van der Waals surface area contributed by atoms with Crippen LogP contribution in [0.25, 0.3) is 11.2 Å². The first-order chi connectivity index (χ1) is 14.4. The molecule has 1 aliphatic rings. The fraction of sp³-hybridized carbons (Fsp3) is 0.368. The molecule has 3 aromatic rings. The number of rotatable bonds is 5. The van der Waals surface area contributed by atoms with E-state index in [0.29, 0.717) is 11.1 Å². The summed E-state index contributed by atoms with van der Waals surface area (Å²) in [5, 5.41) is 9.73. The molecule has 0 saturated carbocycles. The van der Waals surface area contributed by atoms with E-state index in [4.69, 9.17) is 20.9 Å². The highest BCUT2D eigenvalue weighted by molar-refractivity contribution is 5.91. The predicted molar refractivity (Wildman–Crippen MR) is 106 cm³/mol. The topological polar surface area (TPSA) is 171 Å². The fourth-order valence-electron chi connectivity index (χ4n) is 3.59. The molecule has 30 heavy (non-hydrogen) atoms. The number of imidazole rings is 1. The zero-order chi connectivity index (χ0) is 21.4. The lowest BCUT2D eigenvalue weighted by Crippen LogP contribution is -2.30. The van der Waals surface area contributed by atoms with Crippen LogP contribution in [0.4, 0.5) is 5.95 Å². The summed E-state index contributed by atoms with van der Waals surface area (Å²) in [5.41, 5.74) is 12.5. The second kappa shape index (κ2) is 7.86. The molecular formula is C19H22N6O5. The molecule has 1 aromatic carbocycles. The Morgan fingerprint density at radius 1 is 1.47 bits per heavy atom. The molecule has 11 heteroatoms. The second-order valence-electron chi connectivity index (χ2n) is 7.14. The van der Waals surface area contributed by atoms with Crippen LogP contribution in [0.1, 0.15) is 41.5 Å². The number of H-pyrrole nitrogens is 1. The molecule has 4 rings (SSSR count). The van der Waals surface area contributed by atoms with Gasteiger partial charge in [-0.3, -0.25) is 14.3 Å². The van der Waals surface area contributed by atoms with Gasteiger partial charge in [-0.25, -0.2) is 9.78 Å². The second-order valence-corrected chi connectivity index (χ2v) is 7.14. The van der Waals surface area contributed by atoms with Gasteiger partial charge in [-0.1, -0.05) is 18.2 Å². The number of ether oxygens (including phenoxy) is 2. The van der Waals surface area contributed by atoms with Crippen LogP contribution in [0.5, 0.6) is 0 Å². The molecule has 1 saturated heterocycles. The van der Waals surface area contributed by atoms with Crippen LogP contribution in [0.15, 0.2) is 35.4 Å². The molecule has 1 fully saturated rings. The smallest absolute Gasteiger partial charge is 0.338 e. The number of nitrogens with one attached hydrogen (secondary N) is 1. The first-order valence-electron chi connectivity index (χ1n) is 9.43. The van der Waals surface area contributed by atoms with Gasteiger partial charge in [0, 0.05) is 12.5 Å². The van der Waals surface area contributed by atoms with E-state index in [1.54, 1.807) is 31.2 Å². The van der Waals surface area contributed by atoms with Gasteiger partial charge in [0.05, 0.1) is 18.5 Å². The molecule has 11 nitrogen and oxygen atoms in total. The monoisotopic (exact) mass is 414 g/mol. The van der Waals surface area contributed by atoms with Crippen LogP contribution in [-0.4, -0.2) is 49.4 Å². The molecule has 1 aliphatic heterocycles. The van der Waals surface area contributed by atoms with Crippen molar-refractivity contribution < 1.29 is 19.4 Å². The number of carbonyl (C=O) groups is 1. The van der Waals surface area contributed by atoms with Gasteiger partial charge < -0.3 is 26.0 Å². The van der Waals surface area contributed by atoms with Crippen molar-refractivity contribution in [3.05, 3.63) is 52.1 Å². The summed E-state index contributed by atoms with van der Waals surface area (Å²) in [6, 6.07) is 6.59. The molecule has 2 unspecified atom stereocenters. The Morgan fingerprint density at radius 3 is 2.97 bits per heavy atom. The molecule has 3 heterocycles. The minimum absolute atomic E-state index is 0.0542. The SMILES string of the molecule is CC(N)c1ccccc1C(=O)O[C@@H]1C[C@H](n2cnc3c(=O)[nH]c(N)nc32)OC1CO. The highest BCUT2D eigenvalue weighted by atomic mass is 16.6. The first kappa shape index (κ1) is 20.0. The zero-order valence-corrected chi connectivity index (χ0v) is 16.2. The fourth-order valence-corrected chi connectivity index (χ4v) is 3.59. The Hall–Kier alpha value is -3.28. The van der Waals surface area contributed by atoms with Gasteiger partial charge in [-0.15, -0.1) is 0 Å². The van der Waals surface area contributed by atoms with E-state index >= 15 is 0 Å². The van der Waals surface area contributed by atoms with Crippen molar-refractivity contribution in [2.24, 2.45) is 5.73 Å². The number of nitrogens with zero attached hydrogens (tertiary/aromatic N) is 3. The van der Waals surface area contributed by atoms with Crippen molar-refractivity contribution in [1.29, 1.82) is 0 Å². The van der Waals surface area contributed by atoms with Crippen LogP contribution >= 0.6 is 0 Å². The quantitative estimate of drug-likeness (QED) is 0.426. The Morgan fingerprint density at radius 2 is 2.23 bits per heavy atom. The normalized spacial score (nSPS) is 22.3. The van der Waals surface area contributed by atoms with Gasteiger partial charge in [-0.2, -0.15) is 4.98 Å². The maximum Gasteiger partial charge on any atom is 0.338 e. The molecule has 0 aliphatic carbocycles. The minimum Gasteiger partial charge on any atom is -0.456 e. The minimum atomic E-state index is -0.752. The van der Waals surface area contributed by atoms with Gasteiger partial charge in [0.25, 0.3) is 5.56 Å². The van der Waals surface area contributed by atoms with Crippen molar-refractivity contribution in [1.82, 2.24) is 19.5 Å². The van der Waals surface area contributed by atoms with Crippen molar-refractivity contribution in [3.8, 4) is 0 Å². The van der Waals surface area contributed by atoms with Gasteiger partial charge in [0.2, 0.25) is 5.95 Å². The molecule has 0 radical (unpaired) electrons. The molecule has 0 spiro atoms. The Bertz CT molecular complexity index is 1140. The number of aliphatic hydroxyl groups is 1. The lowest BCUT2D eigenvalue weighted by atomic mass is 10.0. The molecule has 158 valence electrons. The zero-order valence-electron chi connectivity index (χ0n) is 16.2. The van der Waals surface area contributed by atoms with Gasteiger partial charge in [0.1, 0.15) is 18.4 Å². The number of nitrogens with two attached hydrogens (primary N) is 2. The highest BCUT2D eigenvalue weighted by Crippen LogP contribution is 2.33. The predicted octanol–water partition coefficient (Wildman–Crippen LogP) is 0.227. The Balaban J connectivity index is 1.58. The van der Waals surface area contributed by atoms with Crippen molar-refractivity contribution >= 4 is 23.1 Å². The number of fused-ring (bicyclic) bond motifs is 1. The number of benzene rings is 1. The van der Waals surface area contributed by atoms with Gasteiger partial charge in [-0.05, 0) is 18.6 Å². The number of hydrogen-bond donors (Lipinski definition) is 4. The van der Waals surface area contributed by atoms with Gasteiger partial charge in [0.15, 0.2) is 11.2 Å². The summed E-state index contributed by atoms with van der Waals surface area (Å²) in [6.07, 6.45) is -0.482. The van der Waals surface area contributed by atoms with E-state index in [-0.39, 0.29) is 36.2 Å². The van der Waals surface area contributed by atoms with Crippen molar-refractivity contribution in [3.63, 3.8) is 0 Å². The van der Waals surface area contributed by atoms with E-state index in [9.17, 15) is 14.7 Å². The average molecular weight is 414 g/mol. The average Bonchev–Trinajstić information content (AvgIpc) is 3.31. The van der Waals surface area contributed by atoms with Crippen LogP contribution in [-0.2, 0) is 9.47 Å². The van der Waals surface area contributed by atoms with Crippen molar-refractivity contribution in [2.75, 3.05) is 12.3 Å². The molecule has 0 amide bonds. The number of aromatic nitrogens is 4. The van der Waals surface area contributed by atoms with Crippen LogP contribution in [0.3, 0.4) is 0 Å². The third-order valence-electron chi connectivity index (χ3n) is 5.05. The highest BCUT2D eigenvalue weighted by Gasteiger charge is 2.39. The summed E-state index contributed by atoms with van der Waals surface area (Å²) >= 11 is 0. The lowest BCUT2D eigenvalue weighted by Gasteiger charge is -2.18. The summed E-state index contributed by atoms with van der Waals surface area (Å²) in [4.78, 5) is 35.3. The standard InChI is InChI=1S/C19H22N6O5/c1-9(20)10-4-2-3-5-11(10)18(28)30-12-6-14(29-13(12)7-26)25-8-22-15-16(25)23-19(21)24-17(15)27/h2-5,8-9,12-14,26H,6-7,20H2,1H3,(H3,21,23,24,27)/t9?,12-,13?,14-/m1/s1. The number of nitrogen functional groups attached to an aromatic ring is 1. The molecule has 4 atom stereocenters. The lowest BCUT2D eigenvalue weighted by molar-refractivity contribution is -0.0500. The summed E-state index contributed by atoms with van der Waals surface area (Å²) in [5.74, 6) is -0.605. The third kappa shape index (κ3) is 3.54. The molecule has 6 N–H and O–H groups in total. The summed E-state index contributed by atoms with van der Waals surface area (Å²) in [6.45, 7) is 1.42. The maximum absolute atomic E-state index is 12.8. The van der Waals surface area contributed by atoms with E-state index in [1.807, 2.05) is 0 Å². The number of esters is 1. The Labute approximate surface area is 170 Å². The first-order valence-corrected chi connectivity index (χ1v) is 9.43. The number of carbonyl (C=O) groups excluding carboxylic acids is 1. The van der Waals surface area contributed by atoms with Crippen molar-refractivity contribution in [2.45, 2.75) is 37.8 Å². The Kier molecular flexibility index (Phi) is 5.24. The van der Waals surface area contributed by atoms with E-state index < -0.39 is 30.0 Å². The van der Waals surface area contributed by atoms with E-state index in [0.717, 1.165) is 0 Å². The van der Waals surface area contributed by atoms with E-state index in [1.165, 1.54) is 10.9 Å². The van der Waals surface area contributed by atoms with Crippen LogP contribution in [0.2, 0.25) is 0 Å². The van der Waals surface area contributed by atoms with Crippen LogP contribution in [0, 0.1) is 0 Å². The van der Waals surface area contributed by atoms with Crippen LogP contribution < -0.4 is 17.0 Å². The summed E-state index contributed by atoms with van der Waals surface area (Å²) < 4.78 is 13.0. The number of aromatic amines is 1. The third-order valence-corrected chi connectivity index (χ3v) is 5.05. The maximum atomic E-state index is 12.8. The number of anilines is 1.